The molecule has 1 atom stereocenters. The van der Waals surface area contributed by atoms with Gasteiger partial charge in [-0.3, -0.25) is 4.79 Å². The lowest BCUT2D eigenvalue weighted by Gasteiger charge is -2.31. The lowest BCUT2D eigenvalue weighted by molar-refractivity contribution is 0.0755. The number of thioether (sulfide) groups is 1. The first kappa shape index (κ1) is 12.2. The van der Waals surface area contributed by atoms with Crippen LogP contribution in [0.25, 0.3) is 0 Å². The van der Waals surface area contributed by atoms with E-state index in [1.165, 1.54) is 6.20 Å². The van der Waals surface area contributed by atoms with E-state index in [9.17, 15) is 4.79 Å². The van der Waals surface area contributed by atoms with E-state index < -0.39 is 0 Å². The third-order valence-electron chi connectivity index (χ3n) is 2.89. The number of nitrogens with zero attached hydrogens (tertiary/aromatic N) is 2. The van der Waals surface area contributed by atoms with Gasteiger partial charge < -0.3 is 10.6 Å². The summed E-state index contributed by atoms with van der Waals surface area (Å²) >= 11 is 1.95. The van der Waals surface area contributed by atoms with Gasteiger partial charge in [0.15, 0.2) is 0 Å². The Balaban J connectivity index is 2.06. The van der Waals surface area contributed by atoms with Crippen molar-refractivity contribution >= 4 is 23.4 Å². The quantitative estimate of drug-likeness (QED) is 0.868. The zero-order valence-corrected chi connectivity index (χ0v) is 10.7. The first-order valence-electron chi connectivity index (χ1n) is 5.83. The van der Waals surface area contributed by atoms with Crippen molar-refractivity contribution in [3.8, 4) is 0 Å². The standard InChI is InChI=1S/C12H17N3OS/c1-2-10-8-15(5-6-17-10)12(16)11-4-3-9(13)7-14-11/h3-4,7,10H,2,5-6,8,13H2,1H3. The molecule has 0 radical (unpaired) electrons. The number of nitrogens with two attached hydrogens (primary N) is 1. The van der Waals surface area contributed by atoms with Crippen LogP contribution in [0.1, 0.15) is 23.8 Å². The minimum absolute atomic E-state index is 0.0174. The highest BCUT2D eigenvalue weighted by Crippen LogP contribution is 2.22. The number of nitrogen functional groups attached to an aromatic ring is 1. The Hall–Kier alpha value is -1.23. The second kappa shape index (κ2) is 5.40. The molecule has 0 bridgehead atoms. The smallest absolute Gasteiger partial charge is 0.272 e. The molecule has 1 aliphatic rings. The van der Waals surface area contributed by atoms with Crippen molar-refractivity contribution < 1.29 is 4.79 Å². The van der Waals surface area contributed by atoms with Crippen LogP contribution in [-0.2, 0) is 0 Å². The number of aromatic nitrogens is 1. The number of amides is 1. The van der Waals surface area contributed by atoms with Gasteiger partial charge in [0, 0.05) is 24.1 Å². The van der Waals surface area contributed by atoms with Crippen LogP contribution in [0.5, 0.6) is 0 Å². The maximum atomic E-state index is 12.2. The van der Waals surface area contributed by atoms with Gasteiger partial charge in [0.05, 0.1) is 11.9 Å². The van der Waals surface area contributed by atoms with Crippen molar-refractivity contribution in [3.63, 3.8) is 0 Å². The Morgan fingerprint density at radius 3 is 3.12 bits per heavy atom. The highest BCUT2D eigenvalue weighted by molar-refractivity contribution is 8.00. The Bertz CT molecular complexity index is 393. The van der Waals surface area contributed by atoms with E-state index in [1.807, 2.05) is 16.7 Å². The van der Waals surface area contributed by atoms with Crippen molar-refractivity contribution in [2.24, 2.45) is 0 Å². The van der Waals surface area contributed by atoms with Gasteiger partial charge in [-0.05, 0) is 18.6 Å². The van der Waals surface area contributed by atoms with Gasteiger partial charge in [-0.1, -0.05) is 6.92 Å². The molecule has 92 valence electrons. The summed E-state index contributed by atoms with van der Waals surface area (Å²) in [6, 6.07) is 3.41. The average molecular weight is 251 g/mol. The first-order valence-corrected chi connectivity index (χ1v) is 6.88. The molecule has 1 aromatic rings. The van der Waals surface area contributed by atoms with Crippen LogP contribution in [0.3, 0.4) is 0 Å². The molecule has 0 aromatic carbocycles. The number of hydrogen-bond donors (Lipinski definition) is 1. The van der Waals surface area contributed by atoms with Crippen LogP contribution in [-0.4, -0.2) is 39.9 Å². The molecule has 0 saturated carbocycles. The van der Waals surface area contributed by atoms with Gasteiger partial charge in [0.25, 0.3) is 5.91 Å². The molecule has 1 aliphatic heterocycles. The molecule has 1 amide bonds. The van der Waals surface area contributed by atoms with E-state index in [0.717, 1.165) is 25.3 Å². The predicted molar refractivity (Wildman–Crippen MR) is 71.1 cm³/mol. The van der Waals surface area contributed by atoms with Crippen molar-refractivity contribution in [1.29, 1.82) is 0 Å². The number of hydrogen-bond acceptors (Lipinski definition) is 4. The van der Waals surface area contributed by atoms with Crippen LogP contribution < -0.4 is 5.73 Å². The molecule has 0 spiro atoms. The molecule has 1 unspecified atom stereocenters. The molecule has 1 saturated heterocycles. The largest absolute Gasteiger partial charge is 0.397 e. The van der Waals surface area contributed by atoms with E-state index in [1.54, 1.807) is 12.1 Å². The fourth-order valence-corrected chi connectivity index (χ4v) is 3.02. The summed E-state index contributed by atoms with van der Waals surface area (Å²) in [5.41, 5.74) is 6.63. The van der Waals surface area contributed by atoms with Gasteiger partial charge >= 0.3 is 0 Å². The van der Waals surface area contributed by atoms with Crippen LogP contribution >= 0.6 is 11.8 Å². The monoisotopic (exact) mass is 251 g/mol. The highest BCUT2D eigenvalue weighted by atomic mass is 32.2. The Morgan fingerprint density at radius 1 is 1.65 bits per heavy atom. The van der Waals surface area contributed by atoms with Crippen LogP contribution in [0.4, 0.5) is 5.69 Å². The molecule has 1 aromatic heterocycles. The molecule has 5 heteroatoms. The average Bonchev–Trinajstić information content (AvgIpc) is 2.39. The summed E-state index contributed by atoms with van der Waals surface area (Å²) in [5, 5.41) is 0.557. The summed E-state index contributed by atoms with van der Waals surface area (Å²) in [6.07, 6.45) is 2.63. The molecule has 17 heavy (non-hydrogen) atoms. The zero-order chi connectivity index (χ0) is 12.3. The molecule has 4 nitrogen and oxygen atoms in total. The summed E-state index contributed by atoms with van der Waals surface area (Å²) < 4.78 is 0. The molecule has 2 heterocycles. The molecule has 0 aliphatic carbocycles. The Labute approximate surface area is 106 Å². The summed E-state index contributed by atoms with van der Waals surface area (Å²) in [7, 11) is 0. The maximum absolute atomic E-state index is 12.2. The van der Waals surface area contributed by atoms with E-state index in [2.05, 4.69) is 11.9 Å². The predicted octanol–water partition coefficient (Wildman–Crippen LogP) is 1.63. The fraction of sp³-hybridized carbons (Fsp3) is 0.500. The first-order chi connectivity index (χ1) is 8.20. The SMILES string of the molecule is CCC1CN(C(=O)c2ccc(N)cn2)CCS1. The summed E-state index contributed by atoms with van der Waals surface area (Å²) in [5.74, 6) is 1.03. The van der Waals surface area contributed by atoms with E-state index in [4.69, 9.17) is 5.73 Å². The third-order valence-corrected chi connectivity index (χ3v) is 4.26. The lowest BCUT2D eigenvalue weighted by atomic mass is 10.2. The zero-order valence-electron chi connectivity index (χ0n) is 9.93. The van der Waals surface area contributed by atoms with Crippen LogP contribution in [0.2, 0.25) is 0 Å². The summed E-state index contributed by atoms with van der Waals surface area (Å²) in [4.78, 5) is 18.2. The van der Waals surface area contributed by atoms with Crippen molar-refractivity contribution in [1.82, 2.24) is 9.88 Å². The van der Waals surface area contributed by atoms with Gasteiger partial charge in [-0.2, -0.15) is 11.8 Å². The van der Waals surface area contributed by atoms with Crippen LogP contribution in [0, 0.1) is 0 Å². The van der Waals surface area contributed by atoms with Gasteiger partial charge in [-0.25, -0.2) is 4.98 Å². The van der Waals surface area contributed by atoms with E-state index in [-0.39, 0.29) is 5.91 Å². The summed E-state index contributed by atoms with van der Waals surface area (Å²) in [6.45, 7) is 3.80. The van der Waals surface area contributed by atoms with Gasteiger partial charge in [-0.15, -0.1) is 0 Å². The molecule has 2 rings (SSSR count). The topological polar surface area (TPSA) is 59.2 Å². The van der Waals surface area contributed by atoms with E-state index >= 15 is 0 Å². The fourth-order valence-electron chi connectivity index (χ4n) is 1.84. The normalized spacial score (nSPS) is 20.3. The Kier molecular flexibility index (Phi) is 3.89. The number of carbonyl (C=O) groups is 1. The highest BCUT2D eigenvalue weighted by Gasteiger charge is 2.24. The number of carbonyl (C=O) groups excluding carboxylic acids is 1. The Morgan fingerprint density at radius 2 is 2.47 bits per heavy atom. The maximum Gasteiger partial charge on any atom is 0.272 e. The third kappa shape index (κ3) is 2.91. The van der Waals surface area contributed by atoms with E-state index in [0.29, 0.717) is 16.6 Å². The van der Waals surface area contributed by atoms with Gasteiger partial charge in [0.2, 0.25) is 0 Å². The molecule has 2 N–H and O–H groups in total. The minimum Gasteiger partial charge on any atom is -0.397 e. The molecule has 1 fully saturated rings. The van der Waals surface area contributed by atoms with Gasteiger partial charge in [0.1, 0.15) is 5.69 Å². The van der Waals surface area contributed by atoms with Crippen molar-refractivity contribution in [2.45, 2.75) is 18.6 Å². The van der Waals surface area contributed by atoms with Crippen molar-refractivity contribution in [2.75, 3.05) is 24.6 Å². The molecular weight excluding hydrogens is 234 g/mol. The number of anilines is 1. The van der Waals surface area contributed by atoms with Crippen molar-refractivity contribution in [3.05, 3.63) is 24.0 Å². The van der Waals surface area contributed by atoms with Crippen LogP contribution in [0.15, 0.2) is 18.3 Å². The minimum atomic E-state index is 0.0174. The second-order valence-electron chi connectivity index (χ2n) is 4.13. The number of pyridine rings is 1. The second-order valence-corrected chi connectivity index (χ2v) is 5.54. The number of rotatable bonds is 2. The molecular formula is C12H17N3OS. The lowest BCUT2D eigenvalue weighted by Crippen LogP contribution is -2.42.